The molecule has 0 saturated heterocycles. The Morgan fingerprint density at radius 1 is 0.727 bits per heavy atom. The van der Waals surface area contributed by atoms with Crippen molar-refractivity contribution in [2.24, 2.45) is 0 Å². The normalized spacial score (nSPS) is 11.9. The van der Waals surface area contributed by atoms with Crippen molar-refractivity contribution >= 4 is 5.69 Å². The lowest BCUT2D eigenvalue weighted by molar-refractivity contribution is 0.627. The first-order valence-electron chi connectivity index (χ1n) is 7.42. The van der Waals surface area contributed by atoms with Crippen LogP contribution in [0, 0.1) is 5.82 Å². The Morgan fingerprint density at radius 3 is 1.95 bits per heavy atom. The van der Waals surface area contributed by atoms with Gasteiger partial charge in [-0.3, -0.25) is 0 Å². The highest BCUT2D eigenvalue weighted by atomic mass is 19.1. The number of hydrogen-bond acceptors (Lipinski definition) is 1. The van der Waals surface area contributed by atoms with Gasteiger partial charge in [-0.25, -0.2) is 4.39 Å². The minimum atomic E-state index is -0.218. The Labute approximate surface area is 130 Å². The van der Waals surface area contributed by atoms with Gasteiger partial charge in [-0.1, -0.05) is 60.7 Å². The summed E-state index contributed by atoms with van der Waals surface area (Å²) in [6.45, 7) is 0. The average Bonchev–Trinajstić information content (AvgIpc) is 2.58. The minimum absolute atomic E-state index is 0.147. The van der Waals surface area contributed by atoms with E-state index in [-0.39, 0.29) is 11.9 Å². The zero-order valence-corrected chi connectivity index (χ0v) is 12.2. The Balaban J connectivity index is 1.84. The van der Waals surface area contributed by atoms with Crippen LogP contribution in [0.25, 0.3) is 0 Å². The van der Waals surface area contributed by atoms with Crippen LogP contribution in [0.1, 0.15) is 17.2 Å². The maximum Gasteiger partial charge on any atom is 0.123 e. The van der Waals surface area contributed by atoms with E-state index in [0.717, 1.165) is 12.1 Å². The summed E-state index contributed by atoms with van der Waals surface area (Å²) in [5.74, 6) is -0.218. The molecule has 110 valence electrons. The van der Waals surface area contributed by atoms with Crippen molar-refractivity contribution in [3.8, 4) is 0 Å². The quantitative estimate of drug-likeness (QED) is 0.679. The molecule has 1 atom stereocenters. The molecule has 22 heavy (non-hydrogen) atoms. The molecule has 0 bridgehead atoms. The summed E-state index contributed by atoms with van der Waals surface area (Å²) < 4.78 is 13.1. The highest BCUT2D eigenvalue weighted by Gasteiger charge is 2.12. The van der Waals surface area contributed by atoms with Gasteiger partial charge in [0.2, 0.25) is 0 Å². The van der Waals surface area contributed by atoms with Gasteiger partial charge in [-0.05, 0) is 41.8 Å². The molecule has 0 saturated carbocycles. The van der Waals surface area contributed by atoms with Crippen LogP contribution >= 0.6 is 0 Å². The average molecular weight is 291 g/mol. The van der Waals surface area contributed by atoms with Crippen molar-refractivity contribution < 1.29 is 4.39 Å². The van der Waals surface area contributed by atoms with E-state index >= 15 is 0 Å². The van der Waals surface area contributed by atoms with Crippen LogP contribution in [0.4, 0.5) is 10.1 Å². The molecule has 0 aromatic heterocycles. The van der Waals surface area contributed by atoms with Crippen molar-refractivity contribution in [3.63, 3.8) is 0 Å². The first-order chi connectivity index (χ1) is 10.8. The molecule has 3 aromatic carbocycles. The molecule has 0 radical (unpaired) electrons. The molecule has 0 amide bonds. The highest BCUT2D eigenvalue weighted by molar-refractivity contribution is 5.46. The van der Waals surface area contributed by atoms with Crippen LogP contribution in [-0.2, 0) is 6.42 Å². The first kappa shape index (κ1) is 14.3. The van der Waals surface area contributed by atoms with Gasteiger partial charge in [0.25, 0.3) is 0 Å². The third-order valence-corrected chi connectivity index (χ3v) is 3.67. The van der Waals surface area contributed by atoms with Gasteiger partial charge in [0, 0.05) is 5.69 Å². The number of anilines is 1. The van der Waals surface area contributed by atoms with E-state index in [1.54, 1.807) is 12.1 Å². The fourth-order valence-electron chi connectivity index (χ4n) is 2.53. The van der Waals surface area contributed by atoms with Gasteiger partial charge in [0.05, 0.1) is 6.04 Å². The standard InChI is InChI=1S/C20H18FN/c21-18-11-13-19(14-12-18)22-20(17-9-5-2-6-10-17)15-16-7-3-1-4-8-16/h1-14,20,22H,15H2. The van der Waals surface area contributed by atoms with Crippen LogP contribution in [0.5, 0.6) is 0 Å². The fraction of sp³-hybridized carbons (Fsp3) is 0.100. The van der Waals surface area contributed by atoms with E-state index in [0.29, 0.717) is 0 Å². The van der Waals surface area contributed by atoms with Gasteiger partial charge in [0.15, 0.2) is 0 Å². The molecule has 3 rings (SSSR count). The summed E-state index contributed by atoms with van der Waals surface area (Å²) in [5.41, 5.74) is 3.41. The Kier molecular flexibility index (Phi) is 4.50. The molecule has 0 heterocycles. The van der Waals surface area contributed by atoms with Crippen LogP contribution in [0.2, 0.25) is 0 Å². The molecule has 3 aromatic rings. The third kappa shape index (κ3) is 3.73. The maximum absolute atomic E-state index is 13.1. The summed E-state index contributed by atoms with van der Waals surface area (Å²) >= 11 is 0. The summed E-state index contributed by atoms with van der Waals surface area (Å²) in [5, 5.41) is 3.50. The second-order valence-corrected chi connectivity index (χ2v) is 5.30. The monoisotopic (exact) mass is 291 g/mol. The van der Waals surface area contributed by atoms with Crippen LogP contribution in [0.3, 0.4) is 0 Å². The summed E-state index contributed by atoms with van der Waals surface area (Å²) in [6, 6.07) is 27.4. The molecular formula is C20H18FN. The summed E-state index contributed by atoms with van der Waals surface area (Å²) in [7, 11) is 0. The molecule has 1 N–H and O–H groups in total. The number of rotatable bonds is 5. The van der Waals surface area contributed by atoms with Gasteiger partial charge >= 0.3 is 0 Å². The van der Waals surface area contributed by atoms with E-state index in [9.17, 15) is 4.39 Å². The molecule has 0 aliphatic rings. The molecule has 0 aliphatic heterocycles. The zero-order chi connectivity index (χ0) is 15.2. The first-order valence-corrected chi connectivity index (χ1v) is 7.42. The zero-order valence-electron chi connectivity index (χ0n) is 12.2. The van der Waals surface area contributed by atoms with E-state index in [4.69, 9.17) is 0 Å². The van der Waals surface area contributed by atoms with Gasteiger partial charge in [-0.15, -0.1) is 0 Å². The molecule has 1 unspecified atom stereocenters. The van der Waals surface area contributed by atoms with Crippen LogP contribution < -0.4 is 5.32 Å². The Hall–Kier alpha value is -2.61. The van der Waals surface area contributed by atoms with Gasteiger partial charge < -0.3 is 5.32 Å². The van der Waals surface area contributed by atoms with Crippen LogP contribution in [0.15, 0.2) is 84.9 Å². The number of hydrogen-bond donors (Lipinski definition) is 1. The predicted molar refractivity (Wildman–Crippen MR) is 89.4 cm³/mol. The third-order valence-electron chi connectivity index (χ3n) is 3.67. The lowest BCUT2D eigenvalue weighted by atomic mass is 9.98. The summed E-state index contributed by atoms with van der Waals surface area (Å²) in [6.07, 6.45) is 0.877. The van der Waals surface area contributed by atoms with Crippen molar-refractivity contribution in [2.75, 3.05) is 5.32 Å². The molecule has 0 spiro atoms. The van der Waals surface area contributed by atoms with Gasteiger partial charge in [-0.2, -0.15) is 0 Å². The lowest BCUT2D eigenvalue weighted by Gasteiger charge is -2.21. The van der Waals surface area contributed by atoms with Crippen molar-refractivity contribution in [3.05, 3.63) is 102 Å². The number of halogens is 1. The highest BCUT2D eigenvalue weighted by Crippen LogP contribution is 2.23. The van der Waals surface area contributed by atoms with E-state index in [1.165, 1.54) is 23.3 Å². The largest absolute Gasteiger partial charge is 0.378 e. The lowest BCUT2D eigenvalue weighted by Crippen LogP contribution is -2.13. The smallest absolute Gasteiger partial charge is 0.123 e. The second kappa shape index (κ2) is 6.90. The van der Waals surface area contributed by atoms with Gasteiger partial charge in [0.1, 0.15) is 5.82 Å². The molecular weight excluding hydrogens is 273 g/mol. The molecule has 0 aliphatic carbocycles. The molecule has 0 fully saturated rings. The van der Waals surface area contributed by atoms with E-state index < -0.39 is 0 Å². The molecule has 2 heteroatoms. The Morgan fingerprint density at radius 2 is 1.32 bits per heavy atom. The summed E-state index contributed by atoms with van der Waals surface area (Å²) in [4.78, 5) is 0. The topological polar surface area (TPSA) is 12.0 Å². The SMILES string of the molecule is Fc1ccc(NC(Cc2ccccc2)c2ccccc2)cc1. The Bertz CT molecular complexity index is 693. The predicted octanol–water partition coefficient (Wildman–Crippen LogP) is 5.22. The number of benzene rings is 3. The van der Waals surface area contributed by atoms with E-state index in [2.05, 4.69) is 41.7 Å². The fourth-order valence-corrected chi connectivity index (χ4v) is 2.53. The maximum atomic E-state index is 13.1. The second-order valence-electron chi connectivity index (χ2n) is 5.30. The van der Waals surface area contributed by atoms with Crippen molar-refractivity contribution in [1.82, 2.24) is 0 Å². The molecule has 1 nitrogen and oxygen atoms in total. The van der Waals surface area contributed by atoms with Crippen LogP contribution in [-0.4, -0.2) is 0 Å². The van der Waals surface area contributed by atoms with E-state index in [1.807, 2.05) is 24.3 Å². The minimum Gasteiger partial charge on any atom is -0.378 e. The van der Waals surface area contributed by atoms with Crippen molar-refractivity contribution in [1.29, 1.82) is 0 Å². The van der Waals surface area contributed by atoms with Crippen molar-refractivity contribution in [2.45, 2.75) is 12.5 Å². The number of nitrogens with one attached hydrogen (secondary N) is 1.